The van der Waals surface area contributed by atoms with Crippen molar-refractivity contribution in [1.29, 1.82) is 0 Å². The SMILES string of the molecule is CCCC1CC(NNS(=O)(=O)c2ccc(C)cc2)=CC2(O1)C(=O)Nc1ccccc12. The predicted molar refractivity (Wildman–Crippen MR) is 114 cm³/mol. The summed E-state index contributed by atoms with van der Waals surface area (Å²) in [6.07, 6.45) is 3.57. The Bertz CT molecular complexity index is 1100. The van der Waals surface area contributed by atoms with Gasteiger partial charge in [-0.1, -0.05) is 49.2 Å². The summed E-state index contributed by atoms with van der Waals surface area (Å²) >= 11 is 0. The molecule has 4 rings (SSSR count). The summed E-state index contributed by atoms with van der Waals surface area (Å²) in [7, 11) is -3.76. The Morgan fingerprint density at radius 2 is 1.90 bits per heavy atom. The van der Waals surface area contributed by atoms with Gasteiger partial charge in [-0.25, -0.2) is 8.42 Å². The molecule has 0 radical (unpaired) electrons. The van der Waals surface area contributed by atoms with Crippen LogP contribution in [0.5, 0.6) is 0 Å². The van der Waals surface area contributed by atoms with E-state index in [1.54, 1.807) is 30.3 Å². The molecule has 2 aromatic carbocycles. The number of sulfonamides is 1. The maximum atomic E-state index is 12.9. The Hall–Kier alpha value is -2.68. The van der Waals surface area contributed by atoms with Gasteiger partial charge in [0.2, 0.25) is 0 Å². The van der Waals surface area contributed by atoms with Crippen molar-refractivity contribution in [1.82, 2.24) is 10.3 Å². The van der Waals surface area contributed by atoms with Gasteiger partial charge < -0.3 is 15.5 Å². The lowest BCUT2D eigenvalue weighted by Crippen LogP contribution is -2.46. The monoisotopic (exact) mass is 427 g/mol. The van der Waals surface area contributed by atoms with Gasteiger partial charge in [-0.15, -0.1) is 4.83 Å². The molecule has 0 saturated heterocycles. The summed E-state index contributed by atoms with van der Waals surface area (Å²) in [6.45, 7) is 3.94. The molecule has 0 bridgehead atoms. The van der Waals surface area contributed by atoms with Crippen LogP contribution in [-0.2, 0) is 25.2 Å². The number of hydrogen-bond donors (Lipinski definition) is 3. The standard InChI is InChI=1S/C22H25N3O4S/c1-3-6-17-13-16(24-25-30(27,28)18-11-9-15(2)10-12-18)14-22(29-17)19-7-4-5-8-20(19)23-21(22)26/h4-5,7-12,14,17,24-25H,3,6,13H2,1-2H3,(H,23,26). The summed E-state index contributed by atoms with van der Waals surface area (Å²) in [5.74, 6) is -0.273. The molecule has 0 aliphatic carbocycles. The number of aryl methyl sites for hydroxylation is 1. The highest BCUT2D eigenvalue weighted by Crippen LogP contribution is 2.44. The van der Waals surface area contributed by atoms with Gasteiger partial charge in [0, 0.05) is 23.4 Å². The first kappa shape index (κ1) is 20.6. The number of hydrazine groups is 1. The Morgan fingerprint density at radius 1 is 1.17 bits per heavy atom. The number of carbonyl (C=O) groups is 1. The van der Waals surface area contributed by atoms with Crippen LogP contribution in [-0.4, -0.2) is 20.4 Å². The summed E-state index contributed by atoms with van der Waals surface area (Å²) in [5.41, 5.74) is 4.57. The van der Waals surface area contributed by atoms with Crippen molar-refractivity contribution >= 4 is 21.6 Å². The number of anilines is 1. The third-order valence-corrected chi connectivity index (χ3v) is 6.64. The highest BCUT2D eigenvalue weighted by atomic mass is 32.2. The predicted octanol–water partition coefficient (Wildman–Crippen LogP) is 3.10. The van der Waals surface area contributed by atoms with Crippen LogP contribution in [0.1, 0.15) is 37.3 Å². The zero-order valence-corrected chi connectivity index (χ0v) is 17.8. The normalized spacial score (nSPS) is 23.1. The van der Waals surface area contributed by atoms with Gasteiger partial charge in [0.15, 0.2) is 5.60 Å². The van der Waals surface area contributed by atoms with Crippen molar-refractivity contribution < 1.29 is 17.9 Å². The number of hydrogen-bond acceptors (Lipinski definition) is 5. The molecule has 2 heterocycles. The minimum Gasteiger partial charge on any atom is -0.352 e. The van der Waals surface area contributed by atoms with Gasteiger partial charge in [0.1, 0.15) is 0 Å². The maximum Gasteiger partial charge on any atom is 0.265 e. The Balaban J connectivity index is 1.63. The molecule has 8 heteroatoms. The first-order valence-electron chi connectivity index (χ1n) is 9.99. The molecule has 0 saturated carbocycles. The van der Waals surface area contributed by atoms with E-state index in [4.69, 9.17) is 4.74 Å². The van der Waals surface area contributed by atoms with E-state index in [-0.39, 0.29) is 16.9 Å². The summed E-state index contributed by atoms with van der Waals surface area (Å²) < 4.78 is 31.6. The molecule has 0 aromatic heterocycles. The molecule has 2 unspecified atom stereocenters. The fraction of sp³-hybridized carbons (Fsp3) is 0.318. The summed E-state index contributed by atoms with van der Waals surface area (Å²) in [6, 6.07) is 14.0. The topological polar surface area (TPSA) is 96.5 Å². The van der Waals surface area contributed by atoms with E-state index in [9.17, 15) is 13.2 Å². The summed E-state index contributed by atoms with van der Waals surface area (Å²) in [4.78, 5) is 15.5. The number of para-hydroxylation sites is 1. The van der Waals surface area contributed by atoms with E-state index in [1.807, 2.05) is 38.1 Å². The second kappa shape index (κ2) is 7.86. The molecule has 2 aromatic rings. The zero-order valence-electron chi connectivity index (χ0n) is 16.9. The van der Waals surface area contributed by atoms with E-state index in [2.05, 4.69) is 15.6 Å². The summed E-state index contributed by atoms with van der Waals surface area (Å²) in [5, 5.41) is 2.87. The van der Waals surface area contributed by atoms with Gasteiger partial charge in [-0.05, 0) is 37.6 Å². The van der Waals surface area contributed by atoms with Crippen LogP contribution in [0.25, 0.3) is 0 Å². The van der Waals surface area contributed by atoms with E-state index < -0.39 is 15.6 Å². The number of rotatable bonds is 6. The van der Waals surface area contributed by atoms with E-state index >= 15 is 0 Å². The minimum atomic E-state index is -3.76. The molecular weight excluding hydrogens is 402 g/mol. The van der Waals surface area contributed by atoms with Crippen LogP contribution in [0.4, 0.5) is 5.69 Å². The zero-order chi connectivity index (χ0) is 21.4. The largest absolute Gasteiger partial charge is 0.352 e. The molecule has 30 heavy (non-hydrogen) atoms. The van der Waals surface area contributed by atoms with Crippen LogP contribution >= 0.6 is 0 Å². The third kappa shape index (κ3) is 3.74. The molecule has 0 fully saturated rings. The van der Waals surface area contributed by atoms with Crippen LogP contribution in [0.2, 0.25) is 0 Å². The van der Waals surface area contributed by atoms with Crippen molar-refractivity contribution in [2.75, 3.05) is 5.32 Å². The molecular formula is C22H25N3O4S. The first-order valence-corrected chi connectivity index (χ1v) is 11.5. The average molecular weight is 428 g/mol. The Kier molecular flexibility index (Phi) is 5.40. The van der Waals surface area contributed by atoms with Crippen molar-refractivity contribution in [3.8, 4) is 0 Å². The number of ether oxygens (including phenoxy) is 1. The number of benzene rings is 2. The van der Waals surface area contributed by atoms with Crippen LogP contribution in [0.15, 0.2) is 65.2 Å². The molecule has 1 amide bonds. The van der Waals surface area contributed by atoms with E-state index in [0.29, 0.717) is 17.8 Å². The number of carbonyl (C=O) groups excluding carboxylic acids is 1. The molecule has 2 aliphatic rings. The number of fused-ring (bicyclic) bond motifs is 2. The Labute approximate surface area is 176 Å². The molecule has 2 aliphatic heterocycles. The lowest BCUT2D eigenvalue weighted by Gasteiger charge is -2.36. The quantitative estimate of drug-likeness (QED) is 0.616. The molecule has 158 valence electrons. The van der Waals surface area contributed by atoms with Crippen LogP contribution < -0.4 is 15.6 Å². The van der Waals surface area contributed by atoms with Crippen molar-refractivity contribution in [3.05, 3.63) is 71.4 Å². The van der Waals surface area contributed by atoms with Gasteiger partial charge in [-0.2, -0.15) is 0 Å². The lowest BCUT2D eigenvalue weighted by molar-refractivity contribution is -0.144. The first-order chi connectivity index (χ1) is 14.3. The second-order valence-corrected chi connectivity index (χ2v) is 9.36. The van der Waals surface area contributed by atoms with Gasteiger partial charge in [0.25, 0.3) is 15.9 Å². The third-order valence-electron chi connectivity index (χ3n) is 5.38. The second-order valence-electron chi connectivity index (χ2n) is 7.68. The highest BCUT2D eigenvalue weighted by Gasteiger charge is 2.50. The molecule has 2 atom stereocenters. The van der Waals surface area contributed by atoms with Gasteiger partial charge >= 0.3 is 0 Å². The van der Waals surface area contributed by atoms with Gasteiger partial charge in [0.05, 0.1) is 11.0 Å². The fourth-order valence-electron chi connectivity index (χ4n) is 3.88. The number of amides is 1. The van der Waals surface area contributed by atoms with Crippen molar-refractivity contribution in [2.45, 2.75) is 49.7 Å². The fourth-order valence-corrected chi connectivity index (χ4v) is 4.76. The maximum absolute atomic E-state index is 12.9. The highest BCUT2D eigenvalue weighted by molar-refractivity contribution is 7.89. The molecule has 3 N–H and O–H groups in total. The molecule has 1 spiro atoms. The van der Waals surface area contributed by atoms with Crippen LogP contribution in [0.3, 0.4) is 0 Å². The lowest BCUT2D eigenvalue weighted by atomic mass is 9.89. The van der Waals surface area contributed by atoms with Gasteiger partial charge in [-0.3, -0.25) is 4.79 Å². The Morgan fingerprint density at radius 3 is 2.63 bits per heavy atom. The van der Waals surface area contributed by atoms with Crippen molar-refractivity contribution in [3.63, 3.8) is 0 Å². The smallest absolute Gasteiger partial charge is 0.265 e. The average Bonchev–Trinajstić information content (AvgIpc) is 2.98. The number of nitrogens with one attached hydrogen (secondary N) is 3. The van der Waals surface area contributed by atoms with E-state index in [1.165, 1.54) is 0 Å². The van der Waals surface area contributed by atoms with E-state index in [0.717, 1.165) is 24.0 Å². The van der Waals surface area contributed by atoms with Crippen molar-refractivity contribution in [2.24, 2.45) is 0 Å². The minimum absolute atomic E-state index is 0.164. The molecule has 7 nitrogen and oxygen atoms in total. The van der Waals surface area contributed by atoms with Crippen LogP contribution in [0, 0.1) is 6.92 Å².